The number of aromatic amines is 1. The highest BCUT2D eigenvalue weighted by Gasteiger charge is 1.96. The Morgan fingerprint density at radius 3 is 3.00 bits per heavy atom. The maximum absolute atomic E-state index is 3.24. The number of H-pyrrole nitrogens is 1. The normalized spacial score (nSPS) is 11.6. The van der Waals surface area contributed by atoms with E-state index in [1.165, 1.54) is 42.1 Å². The lowest BCUT2D eigenvalue weighted by Crippen LogP contribution is -1.75. The van der Waals surface area contributed by atoms with Gasteiger partial charge >= 0.3 is 0 Å². The van der Waals surface area contributed by atoms with Crippen LogP contribution in [-0.2, 0) is 0 Å². The van der Waals surface area contributed by atoms with Gasteiger partial charge in [0.15, 0.2) is 0 Å². The summed E-state index contributed by atoms with van der Waals surface area (Å²) in [6.07, 6.45) is 11.6. The monoisotopic (exact) mass is 213 g/mol. The molecule has 0 fully saturated rings. The minimum absolute atomic E-state index is 1.19. The van der Waals surface area contributed by atoms with Gasteiger partial charge in [0, 0.05) is 17.1 Å². The molecule has 0 radical (unpaired) electrons. The summed E-state index contributed by atoms with van der Waals surface area (Å²) in [5.74, 6) is 0. The molecule has 1 aromatic heterocycles. The fourth-order valence-electron chi connectivity index (χ4n) is 1.98. The summed E-state index contributed by atoms with van der Waals surface area (Å²) >= 11 is 0. The molecule has 1 aromatic carbocycles. The Labute approximate surface area is 97.2 Å². The number of benzene rings is 1. The number of aromatic nitrogens is 1. The lowest BCUT2D eigenvalue weighted by molar-refractivity contribution is 0.730. The number of allylic oxidation sites excluding steroid dienone is 1. The average Bonchev–Trinajstić information content (AvgIpc) is 2.77. The van der Waals surface area contributed by atoms with Gasteiger partial charge in [0.2, 0.25) is 0 Å². The van der Waals surface area contributed by atoms with Crippen molar-refractivity contribution in [1.29, 1.82) is 0 Å². The van der Waals surface area contributed by atoms with Crippen molar-refractivity contribution < 1.29 is 0 Å². The molecule has 1 heterocycles. The quantitative estimate of drug-likeness (QED) is 0.689. The summed E-state index contributed by atoms with van der Waals surface area (Å²) < 4.78 is 0. The van der Waals surface area contributed by atoms with E-state index in [0.29, 0.717) is 0 Å². The first kappa shape index (κ1) is 11.0. The molecule has 0 aliphatic rings. The Kier molecular flexibility index (Phi) is 3.81. The van der Waals surface area contributed by atoms with Crippen LogP contribution in [0.1, 0.15) is 38.2 Å². The molecule has 2 aromatic rings. The van der Waals surface area contributed by atoms with Gasteiger partial charge < -0.3 is 4.98 Å². The van der Waals surface area contributed by atoms with Gasteiger partial charge in [0.25, 0.3) is 0 Å². The second-order valence-electron chi connectivity index (χ2n) is 4.18. The molecule has 0 amide bonds. The predicted octanol–water partition coefficient (Wildman–Crippen LogP) is 4.76. The van der Waals surface area contributed by atoms with Gasteiger partial charge in [-0.05, 0) is 30.5 Å². The standard InChI is InChI=1S/C15H19N/c1-2-3-4-5-6-8-13-9-7-10-15-14(13)11-12-16-15/h6-12,16H,2-5H2,1H3. The van der Waals surface area contributed by atoms with Crippen LogP contribution in [0.25, 0.3) is 17.0 Å². The van der Waals surface area contributed by atoms with E-state index in [-0.39, 0.29) is 0 Å². The zero-order valence-corrected chi connectivity index (χ0v) is 9.87. The third-order valence-electron chi connectivity index (χ3n) is 2.90. The van der Waals surface area contributed by atoms with Crippen LogP contribution in [0.4, 0.5) is 0 Å². The van der Waals surface area contributed by atoms with Gasteiger partial charge in [-0.1, -0.05) is 44.1 Å². The van der Waals surface area contributed by atoms with Crippen LogP contribution in [0.15, 0.2) is 36.5 Å². The first-order valence-electron chi connectivity index (χ1n) is 6.14. The van der Waals surface area contributed by atoms with Crippen LogP contribution in [0.5, 0.6) is 0 Å². The Morgan fingerprint density at radius 2 is 2.12 bits per heavy atom. The largest absolute Gasteiger partial charge is 0.361 e. The van der Waals surface area contributed by atoms with E-state index in [1.54, 1.807) is 0 Å². The van der Waals surface area contributed by atoms with Crippen molar-refractivity contribution in [1.82, 2.24) is 4.98 Å². The van der Waals surface area contributed by atoms with Crippen LogP contribution >= 0.6 is 0 Å². The summed E-state index contributed by atoms with van der Waals surface area (Å²) in [5.41, 5.74) is 2.53. The van der Waals surface area contributed by atoms with Gasteiger partial charge in [-0.15, -0.1) is 0 Å². The van der Waals surface area contributed by atoms with Gasteiger partial charge in [-0.25, -0.2) is 0 Å². The maximum Gasteiger partial charge on any atom is 0.0459 e. The summed E-state index contributed by atoms with van der Waals surface area (Å²) in [7, 11) is 0. The number of hydrogen-bond acceptors (Lipinski definition) is 0. The van der Waals surface area contributed by atoms with E-state index in [9.17, 15) is 0 Å². The first-order chi connectivity index (χ1) is 7.92. The molecule has 1 nitrogen and oxygen atoms in total. The van der Waals surface area contributed by atoms with Crippen molar-refractivity contribution in [2.75, 3.05) is 0 Å². The number of hydrogen-bond donors (Lipinski definition) is 1. The Bertz CT molecular complexity index is 465. The molecule has 0 bridgehead atoms. The molecule has 0 saturated carbocycles. The summed E-state index contributed by atoms with van der Waals surface area (Å²) in [5, 5.41) is 1.31. The molecular formula is C15H19N. The number of fused-ring (bicyclic) bond motifs is 1. The summed E-state index contributed by atoms with van der Waals surface area (Å²) in [4.78, 5) is 3.24. The fourth-order valence-corrected chi connectivity index (χ4v) is 1.98. The Morgan fingerprint density at radius 1 is 1.19 bits per heavy atom. The van der Waals surface area contributed by atoms with Gasteiger partial charge in [0.1, 0.15) is 0 Å². The highest BCUT2D eigenvalue weighted by atomic mass is 14.7. The topological polar surface area (TPSA) is 15.8 Å². The van der Waals surface area contributed by atoms with Crippen molar-refractivity contribution in [2.24, 2.45) is 0 Å². The molecule has 0 aliphatic carbocycles. The third-order valence-corrected chi connectivity index (χ3v) is 2.90. The predicted molar refractivity (Wildman–Crippen MR) is 71.5 cm³/mol. The van der Waals surface area contributed by atoms with Gasteiger partial charge in [-0.3, -0.25) is 0 Å². The molecule has 0 atom stereocenters. The highest BCUT2D eigenvalue weighted by Crippen LogP contribution is 2.18. The van der Waals surface area contributed by atoms with E-state index in [2.05, 4.69) is 48.3 Å². The van der Waals surface area contributed by atoms with Crippen molar-refractivity contribution in [3.63, 3.8) is 0 Å². The van der Waals surface area contributed by atoms with Crippen molar-refractivity contribution >= 4 is 17.0 Å². The molecule has 0 unspecified atom stereocenters. The van der Waals surface area contributed by atoms with Crippen molar-refractivity contribution in [3.05, 3.63) is 42.1 Å². The molecule has 84 valence electrons. The maximum atomic E-state index is 3.24. The van der Waals surface area contributed by atoms with E-state index < -0.39 is 0 Å². The molecule has 1 heteroatoms. The second kappa shape index (κ2) is 5.55. The summed E-state index contributed by atoms with van der Waals surface area (Å²) in [6, 6.07) is 8.53. The van der Waals surface area contributed by atoms with E-state index in [0.717, 1.165) is 0 Å². The molecule has 0 saturated heterocycles. The lowest BCUT2D eigenvalue weighted by Gasteiger charge is -1.97. The minimum Gasteiger partial charge on any atom is -0.361 e. The first-order valence-corrected chi connectivity index (χ1v) is 6.14. The number of unbranched alkanes of at least 4 members (excludes halogenated alkanes) is 3. The minimum atomic E-state index is 1.19. The highest BCUT2D eigenvalue weighted by molar-refractivity contribution is 5.88. The van der Waals surface area contributed by atoms with Crippen LogP contribution in [0.2, 0.25) is 0 Å². The molecule has 2 rings (SSSR count). The molecule has 0 aliphatic heterocycles. The Balaban J connectivity index is 2.06. The fraction of sp³-hybridized carbons (Fsp3) is 0.333. The van der Waals surface area contributed by atoms with Gasteiger partial charge in [0.05, 0.1) is 0 Å². The molecule has 0 spiro atoms. The van der Waals surface area contributed by atoms with Crippen molar-refractivity contribution in [2.45, 2.75) is 32.6 Å². The van der Waals surface area contributed by atoms with Crippen LogP contribution in [0.3, 0.4) is 0 Å². The number of nitrogens with one attached hydrogen (secondary N) is 1. The zero-order valence-electron chi connectivity index (χ0n) is 9.87. The van der Waals surface area contributed by atoms with Crippen molar-refractivity contribution in [3.8, 4) is 0 Å². The van der Waals surface area contributed by atoms with Crippen LogP contribution in [-0.4, -0.2) is 4.98 Å². The molecule has 16 heavy (non-hydrogen) atoms. The Hall–Kier alpha value is -1.50. The van der Waals surface area contributed by atoms with Crippen LogP contribution in [0, 0.1) is 0 Å². The SMILES string of the molecule is CCCCCC=Cc1cccc2[nH]ccc12. The average molecular weight is 213 g/mol. The summed E-state index contributed by atoms with van der Waals surface area (Å²) in [6.45, 7) is 2.24. The molecule has 1 N–H and O–H groups in total. The number of rotatable bonds is 5. The molecular weight excluding hydrogens is 194 g/mol. The second-order valence-corrected chi connectivity index (χ2v) is 4.18. The van der Waals surface area contributed by atoms with Gasteiger partial charge in [-0.2, -0.15) is 0 Å². The van der Waals surface area contributed by atoms with E-state index >= 15 is 0 Å². The lowest BCUT2D eigenvalue weighted by atomic mass is 10.1. The van der Waals surface area contributed by atoms with E-state index in [4.69, 9.17) is 0 Å². The zero-order chi connectivity index (χ0) is 11.2. The third kappa shape index (κ3) is 2.54. The smallest absolute Gasteiger partial charge is 0.0459 e. The van der Waals surface area contributed by atoms with E-state index in [1.807, 2.05) is 6.20 Å². The van der Waals surface area contributed by atoms with Crippen LogP contribution < -0.4 is 0 Å².